The minimum Gasteiger partial charge on any atom is -0.462 e. The van der Waals surface area contributed by atoms with Crippen molar-refractivity contribution in [1.82, 2.24) is 0 Å². The van der Waals surface area contributed by atoms with E-state index in [9.17, 15) is 19.0 Å². The molecule has 45 heavy (non-hydrogen) atoms. The molecule has 0 aliphatic rings. The lowest BCUT2D eigenvalue weighted by Gasteiger charge is -2.19. The molecular formula is C35H68NO8P. The quantitative estimate of drug-likeness (QED) is 0.0299. The Morgan fingerprint density at radius 3 is 1.67 bits per heavy atom. The Hall–Kier alpha value is -1.25. The van der Waals surface area contributed by atoms with Crippen molar-refractivity contribution in [3.63, 3.8) is 0 Å². The molecule has 10 heteroatoms. The third-order valence-corrected chi connectivity index (χ3v) is 8.65. The molecule has 0 rings (SSSR count). The van der Waals surface area contributed by atoms with Crippen LogP contribution < -0.4 is 5.73 Å². The summed E-state index contributed by atoms with van der Waals surface area (Å²) in [6.07, 6.45) is 29.7. The zero-order valence-electron chi connectivity index (χ0n) is 28.9. The van der Waals surface area contributed by atoms with E-state index >= 15 is 0 Å². The first-order chi connectivity index (χ1) is 21.8. The van der Waals surface area contributed by atoms with Crippen LogP contribution in [0.4, 0.5) is 0 Å². The van der Waals surface area contributed by atoms with E-state index in [-0.39, 0.29) is 38.6 Å². The van der Waals surface area contributed by atoms with Crippen LogP contribution in [0.25, 0.3) is 0 Å². The molecule has 2 atom stereocenters. The highest BCUT2D eigenvalue weighted by Crippen LogP contribution is 2.43. The monoisotopic (exact) mass is 661 g/mol. The number of phosphoric acid groups is 1. The molecule has 1 unspecified atom stereocenters. The van der Waals surface area contributed by atoms with Gasteiger partial charge < -0.3 is 20.1 Å². The molecule has 266 valence electrons. The molecule has 9 nitrogen and oxygen atoms in total. The van der Waals surface area contributed by atoms with Crippen molar-refractivity contribution in [2.75, 3.05) is 26.4 Å². The van der Waals surface area contributed by atoms with E-state index in [1.54, 1.807) is 0 Å². The number of ether oxygens (including phenoxy) is 2. The molecule has 0 aromatic carbocycles. The molecule has 0 aromatic heterocycles. The summed E-state index contributed by atoms with van der Waals surface area (Å²) in [4.78, 5) is 34.5. The summed E-state index contributed by atoms with van der Waals surface area (Å²) in [5.74, 6) is -0.838. The lowest BCUT2D eigenvalue weighted by Crippen LogP contribution is -2.29. The highest BCUT2D eigenvalue weighted by molar-refractivity contribution is 7.47. The van der Waals surface area contributed by atoms with Crippen molar-refractivity contribution in [3.05, 3.63) is 12.2 Å². The van der Waals surface area contributed by atoms with Crippen LogP contribution in [-0.4, -0.2) is 49.3 Å². The van der Waals surface area contributed by atoms with Crippen molar-refractivity contribution in [3.8, 4) is 0 Å². The van der Waals surface area contributed by atoms with Gasteiger partial charge in [0.15, 0.2) is 6.10 Å². The van der Waals surface area contributed by atoms with Crippen molar-refractivity contribution in [2.24, 2.45) is 5.73 Å². The van der Waals surface area contributed by atoms with E-state index in [4.69, 9.17) is 24.3 Å². The second kappa shape index (κ2) is 32.7. The van der Waals surface area contributed by atoms with Crippen LogP contribution in [-0.2, 0) is 32.7 Å². The van der Waals surface area contributed by atoms with Crippen LogP contribution in [0.3, 0.4) is 0 Å². The first-order valence-corrected chi connectivity index (χ1v) is 19.7. The normalized spacial score (nSPS) is 13.6. The number of nitrogens with two attached hydrogens (primary N) is 1. The number of hydrogen-bond acceptors (Lipinski definition) is 8. The van der Waals surface area contributed by atoms with Gasteiger partial charge in [-0.25, -0.2) is 4.57 Å². The summed E-state index contributed by atoms with van der Waals surface area (Å²) < 4.78 is 32.5. The molecule has 0 aromatic rings. The van der Waals surface area contributed by atoms with E-state index < -0.39 is 26.5 Å². The maximum Gasteiger partial charge on any atom is 0.472 e. The maximum absolute atomic E-state index is 12.4. The maximum atomic E-state index is 12.4. The number of allylic oxidation sites excluding steroid dienone is 2. The Morgan fingerprint density at radius 2 is 1.16 bits per heavy atom. The fourth-order valence-electron chi connectivity index (χ4n) is 4.99. The largest absolute Gasteiger partial charge is 0.472 e. The summed E-state index contributed by atoms with van der Waals surface area (Å²) in [5.41, 5.74) is 5.32. The van der Waals surface area contributed by atoms with Crippen LogP contribution in [0, 0.1) is 0 Å². The minimum absolute atomic E-state index is 0.0543. The number of unbranched alkanes of at least 4 members (excludes halogenated alkanes) is 19. The average molecular weight is 662 g/mol. The molecule has 0 saturated carbocycles. The van der Waals surface area contributed by atoms with E-state index in [2.05, 4.69) is 26.0 Å². The fourth-order valence-corrected chi connectivity index (χ4v) is 5.75. The highest BCUT2D eigenvalue weighted by atomic mass is 31.2. The van der Waals surface area contributed by atoms with Gasteiger partial charge >= 0.3 is 19.8 Å². The molecule has 0 bridgehead atoms. The standard InChI is InChI=1S/C35H68NO8P/c1-3-5-7-9-11-13-14-15-16-17-18-20-21-23-25-27-34(37)41-31-33(32-43-45(39,40)42-30-29-36)44-35(38)28-26-24-22-19-12-10-8-6-4-2/h6,8,33H,3-5,7,9-32,36H2,1-2H3,(H,39,40)/b8-6+/t33-/m0/s1. The Morgan fingerprint density at radius 1 is 0.667 bits per heavy atom. The summed E-state index contributed by atoms with van der Waals surface area (Å²) >= 11 is 0. The summed E-state index contributed by atoms with van der Waals surface area (Å²) in [7, 11) is -4.36. The highest BCUT2D eigenvalue weighted by Gasteiger charge is 2.25. The Labute approximate surface area is 275 Å². The zero-order valence-corrected chi connectivity index (χ0v) is 29.8. The Balaban J connectivity index is 4.17. The Bertz CT molecular complexity index is 764. The first-order valence-electron chi connectivity index (χ1n) is 18.2. The number of carbonyl (C=O) groups is 2. The summed E-state index contributed by atoms with van der Waals surface area (Å²) in [5, 5.41) is 0. The lowest BCUT2D eigenvalue weighted by molar-refractivity contribution is -0.161. The second-order valence-corrected chi connectivity index (χ2v) is 13.5. The molecule has 0 fully saturated rings. The number of hydrogen-bond donors (Lipinski definition) is 2. The van der Waals surface area contributed by atoms with Crippen molar-refractivity contribution in [1.29, 1.82) is 0 Å². The zero-order chi connectivity index (χ0) is 33.3. The molecule has 0 aliphatic heterocycles. The van der Waals surface area contributed by atoms with Gasteiger partial charge in [-0.2, -0.15) is 0 Å². The Kier molecular flexibility index (Phi) is 31.8. The van der Waals surface area contributed by atoms with Gasteiger partial charge in [-0.1, -0.05) is 135 Å². The SMILES string of the molecule is CC/C=C/CCCCCCCC(=O)O[C@@H](COC(=O)CCCCCCCCCCCCCCCCC)COP(=O)(O)OCCN. The molecule has 0 radical (unpaired) electrons. The van der Waals surface area contributed by atoms with E-state index in [0.717, 1.165) is 57.8 Å². The van der Waals surface area contributed by atoms with Crippen LogP contribution in [0.1, 0.15) is 168 Å². The fraction of sp³-hybridized carbons (Fsp3) is 0.886. The van der Waals surface area contributed by atoms with E-state index in [0.29, 0.717) is 6.42 Å². The van der Waals surface area contributed by atoms with E-state index in [1.165, 1.54) is 77.0 Å². The predicted molar refractivity (Wildman–Crippen MR) is 183 cm³/mol. The smallest absolute Gasteiger partial charge is 0.462 e. The lowest BCUT2D eigenvalue weighted by atomic mass is 10.0. The van der Waals surface area contributed by atoms with Crippen LogP contribution >= 0.6 is 7.82 Å². The van der Waals surface area contributed by atoms with Crippen LogP contribution in [0.15, 0.2) is 12.2 Å². The predicted octanol–water partition coefficient (Wildman–Crippen LogP) is 9.49. The summed E-state index contributed by atoms with van der Waals surface area (Å²) in [6.45, 7) is 3.61. The van der Waals surface area contributed by atoms with Gasteiger partial charge in [0.05, 0.1) is 13.2 Å². The first kappa shape index (κ1) is 43.8. The van der Waals surface area contributed by atoms with Crippen molar-refractivity contribution >= 4 is 19.8 Å². The summed E-state index contributed by atoms with van der Waals surface area (Å²) in [6, 6.07) is 0. The van der Waals surface area contributed by atoms with Gasteiger partial charge in [0.2, 0.25) is 0 Å². The van der Waals surface area contributed by atoms with Gasteiger partial charge in [0.25, 0.3) is 0 Å². The third-order valence-electron chi connectivity index (χ3n) is 7.66. The average Bonchev–Trinajstić information content (AvgIpc) is 3.02. The van der Waals surface area contributed by atoms with Gasteiger partial charge in [0.1, 0.15) is 6.61 Å². The number of phosphoric ester groups is 1. The molecule has 0 saturated heterocycles. The molecule has 3 N–H and O–H groups in total. The van der Waals surface area contributed by atoms with E-state index in [1.807, 2.05) is 0 Å². The molecule has 0 amide bonds. The number of esters is 2. The van der Waals surface area contributed by atoms with Crippen molar-refractivity contribution < 1.29 is 37.6 Å². The minimum atomic E-state index is -4.36. The topological polar surface area (TPSA) is 134 Å². The van der Waals surface area contributed by atoms with Crippen LogP contribution in [0.2, 0.25) is 0 Å². The number of carbonyl (C=O) groups excluding carboxylic acids is 2. The van der Waals surface area contributed by atoms with Gasteiger partial charge in [-0.15, -0.1) is 0 Å². The van der Waals surface area contributed by atoms with Crippen molar-refractivity contribution in [2.45, 2.75) is 174 Å². The third kappa shape index (κ3) is 32.5. The van der Waals surface area contributed by atoms with Crippen LogP contribution in [0.5, 0.6) is 0 Å². The van der Waals surface area contributed by atoms with Gasteiger partial charge in [-0.3, -0.25) is 18.6 Å². The molecule has 0 heterocycles. The second-order valence-electron chi connectivity index (χ2n) is 12.1. The molecular weight excluding hydrogens is 593 g/mol. The number of rotatable bonds is 34. The molecule has 0 aliphatic carbocycles. The van der Waals surface area contributed by atoms with Gasteiger partial charge in [-0.05, 0) is 32.1 Å². The van der Waals surface area contributed by atoms with Gasteiger partial charge in [0, 0.05) is 19.4 Å². The molecule has 0 spiro atoms.